The first kappa shape index (κ1) is 16.8. The zero-order valence-electron chi connectivity index (χ0n) is 12.5. The molecule has 0 spiro atoms. The molecule has 20 heavy (non-hydrogen) atoms. The van der Waals surface area contributed by atoms with Crippen LogP contribution < -0.4 is 11.1 Å². The molecule has 1 amide bonds. The van der Waals surface area contributed by atoms with Crippen molar-refractivity contribution in [3.8, 4) is 0 Å². The number of aryl methyl sites for hydroxylation is 1. The summed E-state index contributed by atoms with van der Waals surface area (Å²) in [4.78, 5) is 11.7. The molecule has 0 aromatic heterocycles. The molecule has 1 aromatic rings. The van der Waals surface area contributed by atoms with Crippen LogP contribution in [-0.4, -0.2) is 17.7 Å². The highest BCUT2D eigenvalue weighted by Crippen LogP contribution is 2.22. The predicted molar refractivity (Wildman–Crippen MR) is 83.3 cm³/mol. The summed E-state index contributed by atoms with van der Waals surface area (Å²) in [6.07, 6.45) is 1.15. The topological polar surface area (TPSA) is 64.3 Å². The first-order chi connectivity index (χ1) is 9.17. The third-order valence-corrected chi connectivity index (χ3v) is 2.93. The van der Waals surface area contributed by atoms with Gasteiger partial charge in [-0.25, -0.2) is 4.79 Å². The van der Waals surface area contributed by atoms with E-state index in [1.807, 2.05) is 33.8 Å². The van der Waals surface area contributed by atoms with Gasteiger partial charge in [-0.1, -0.05) is 11.6 Å². The Bertz CT molecular complexity index is 467. The molecule has 0 saturated heterocycles. The van der Waals surface area contributed by atoms with Gasteiger partial charge >= 0.3 is 6.09 Å². The molecule has 0 fully saturated rings. The molecule has 3 N–H and O–H groups in total. The van der Waals surface area contributed by atoms with Gasteiger partial charge in [-0.15, -0.1) is 0 Å². The van der Waals surface area contributed by atoms with Crippen molar-refractivity contribution in [1.82, 2.24) is 0 Å². The molecule has 0 aliphatic carbocycles. The molecule has 5 heteroatoms. The van der Waals surface area contributed by atoms with Crippen molar-refractivity contribution in [2.75, 3.05) is 5.32 Å². The Morgan fingerprint density at radius 3 is 2.65 bits per heavy atom. The van der Waals surface area contributed by atoms with E-state index in [1.54, 1.807) is 12.1 Å². The standard InChI is InChI=1S/C15H23ClN2O2/c1-10(17)5-6-11-9-12(7-8-13(11)16)18-14(19)20-15(2,3)4/h7-10H,5-6,17H2,1-4H3,(H,18,19). The van der Waals surface area contributed by atoms with Crippen molar-refractivity contribution in [3.63, 3.8) is 0 Å². The summed E-state index contributed by atoms with van der Waals surface area (Å²) in [5.74, 6) is 0. The lowest BCUT2D eigenvalue weighted by Gasteiger charge is -2.20. The zero-order valence-corrected chi connectivity index (χ0v) is 13.3. The summed E-state index contributed by atoms with van der Waals surface area (Å²) in [5, 5.41) is 3.38. The summed E-state index contributed by atoms with van der Waals surface area (Å²) < 4.78 is 5.21. The Labute approximate surface area is 125 Å². The lowest BCUT2D eigenvalue weighted by atomic mass is 10.1. The van der Waals surface area contributed by atoms with E-state index < -0.39 is 11.7 Å². The molecule has 1 atom stereocenters. The molecule has 4 nitrogen and oxygen atoms in total. The van der Waals surface area contributed by atoms with Crippen LogP contribution in [0.5, 0.6) is 0 Å². The fourth-order valence-corrected chi connectivity index (χ4v) is 1.86. The molecule has 112 valence electrons. The average molecular weight is 299 g/mol. The summed E-state index contributed by atoms with van der Waals surface area (Å²) in [6.45, 7) is 7.42. The molecule has 0 saturated carbocycles. The van der Waals surface area contributed by atoms with Crippen LogP contribution in [0.15, 0.2) is 18.2 Å². The Kier molecular flexibility index (Phi) is 5.84. The number of benzene rings is 1. The molecular weight excluding hydrogens is 276 g/mol. The molecule has 0 aliphatic heterocycles. The summed E-state index contributed by atoms with van der Waals surface area (Å²) in [7, 11) is 0. The van der Waals surface area contributed by atoms with Gasteiger partial charge in [0.05, 0.1) is 0 Å². The number of nitrogens with two attached hydrogens (primary N) is 1. The third kappa shape index (κ3) is 6.26. The molecule has 1 aromatic carbocycles. The van der Waals surface area contributed by atoms with Gasteiger partial charge in [-0.3, -0.25) is 5.32 Å². The minimum absolute atomic E-state index is 0.119. The Balaban J connectivity index is 2.72. The quantitative estimate of drug-likeness (QED) is 0.884. The average Bonchev–Trinajstić information content (AvgIpc) is 2.27. The normalized spacial score (nSPS) is 12.9. The van der Waals surface area contributed by atoms with Gasteiger partial charge in [-0.05, 0) is 64.3 Å². The van der Waals surface area contributed by atoms with Gasteiger partial charge in [0.1, 0.15) is 5.60 Å². The van der Waals surface area contributed by atoms with Crippen LogP contribution >= 0.6 is 11.6 Å². The fraction of sp³-hybridized carbons (Fsp3) is 0.533. The van der Waals surface area contributed by atoms with E-state index in [4.69, 9.17) is 22.1 Å². The van der Waals surface area contributed by atoms with Crippen LogP contribution in [0.1, 0.15) is 39.7 Å². The van der Waals surface area contributed by atoms with Gasteiger partial charge in [0.2, 0.25) is 0 Å². The Hall–Kier alpha value is -1.26. The van der Waals surface area contributed by atoms with E-state index in [1.165, 1.54) is 0 Å². The number of hydrogen-bond acceptors (Lipinski definition) is 3. The highest BCUT2D eigenvalue weighted by molar-refractivity contribution is 6.31. The first-order valence-corrected chi connectivity index (χ1v) is 7.09. The molecule has 1 unspecified atom stereocenters. The lowest BCUT2D eigenvalue weighted by molar-refractivity contribution is 0.0636. The van der Waals surface area contributed by atoms with E-state index in [-0.39, 0.29) is 6.04 Å². The largest absolute Gasteiger partial charge is 0.444 e. The van der Waals surface area contributed by atoms with E-state index in [2.05, 4.69) is 5.32 Å². The van der Waals surface area contributed by atoms with E-state index in [9.17, 15) is 4.79 Å². The van der Waals surface area contributed by atoms with Crippen LogP contribution in [0, 0.1) is 0 Å². The second-order valence-corrected chi connectivity index (χ2v) is 6.36. The number of halogens is 1. The van der Waals surface area contributed by atoms with Crippen molar-refractivity contribution < 1.29 is 9.53 Å². The monoisotopic (exact) mass is 298 g/mol. The number of carbonyl (C=O) groups excluding carboxylic acids is 1. The highest BCUT2D eigenvalue weighted by Gasteiger charge is 2.16. The molecule has 0 radical (unpaired) electrons. The number of rotatable bonds is 4. The Morgan fingerprint density at radius 2 is 2.10 bits per heavy atom. The minimum atomic E-state index is -0.520. The fourth-order valence-electron chi connectivity index (χ4n) is 1.65. The van der Waals surface area contributed by atoms with Gasteiger partial charge in [0.15, 0.2) is 0 Å². The van der Waals surface area contributed by atoms with E-state index in [0.29, 0.717) is 10.7 Å². The van der Waals surface area contributed by atoms with Crippen molar-refractivity contribution in [3.05, 3.63) is 28.8 Å². The summed E-state index contributed by atoms with van der Waals surface area (Å²) >= 11 is 6.14. The molecular formula is C15H23ClN2O2. The van der Waals surface area contributed by atoms with Crippen molar-refractivity contribution in [2.24, 2.45) is 5.73 Å². The number of amides is 1. The van der Waals surface area contributed by atoms with Crippen LogP contribution in [0.3, 0.4) is 0 Å². The van der Waals surface area contributed by atoms with Crippen LogP contribution in [0.2, 0.25) is 5.02 Å². The number of carbonyl (C=O) groups is 1. The third-order valence-electron chi connectivity index (χ3n) is 2.56. The summed E-state index contributed by atoms with van der Waals surface area (Å²) in [6, 6.07) is 5.50. The smallest absolute Gasteiger partial charge is 0.412 e. The maximum absolute atomic E-state index is 11.7. The molecule has 0 bridgehead atoms. The second kappa shape index (κ2) is 6.95. The Morgan fingerprint density at radius 1 is 1.45 bits per heavy atom. The number of anilines is 1. The van der Waals surface area contributed by atoms with Gasteiger partial charge in [0.25, 0.3) is 0 Å². The van der Waals surface area contributed by atoms with Crippen molar-refractivity contribution >= 4 is 23.4 Å². The van der Waals surface area contributed by atoms with Crippen LogP contribution in [0.25, 0.3) is 0 Å². The lowest BCUT2D eigenvalue weighted by Crippen LogP contribution is -2.27. The molecule has 1 rings (SSSR count). The number of nitrogens with one attached hydrogen (secondary N) is 1. The van der Waals surface area contributed by atoms with Gasteiger partial charge in [0, 0.05) is 16.8 Å². The first-order valence-electron chi connectivity index (χ1n) is 6.71. The van der Waals surface area contributed by atoms with Gasteiger partial charge in [-0.2, -0.15) is 0 Å². The van der Waals surface area contributed by atoms with E-state index in [0.717, 1.165) is 18.4 Å². The van der Waals surface area contributed by atoms with E-state index >= 15 is 0 Å². The zero-order chi connectivity index (χ0) is 15.3. The minimum Gasteiger partial charge on any atom is -0.444 e. The van der Waals surface area contributed by atoms with Crippen LogP contribution in [-0.2, 0) is 11.2 Å². The maximum atomic E-state index is 11.7. The number of ether oxygens (including phenoxy) is 1. The van der Waals surface area contributed by atoms with Gasteiger partial charge < -0.3 is 10.5 Å². The van der Waals surface area contributed by atoms with Crippen LogP contribution in [0.4, 0.5) is 10.5 Å². The summed E-state index contributed by atoms with van der Waals surface area (Å²) in [5.41, 5.74) is 6.87. The molecule has 0 aliphatic rings. The maximum Gasteiger partial charge on any atom is 0.412 e. The molecule has 0 heterocycles. The number of hydrogen-bond donors (Lipinski definition) is 2. The SMILES string of the molecule is CC(N)CCc1cc(NC(=O)OC(C)(C)C)ccc1Cl. The second-order valence-electron chi connectivity index (χ2n) is 5.95. The highest BCUT2D eigenvalue weighted by atomic mass is 35.5. The predicted octanol–water partition coefficient (Wildman–Crippen LogP) is 3.97. The van der Waals surface area contributed by atoms with Crippen molar-refractivity contribution in [1.29, 1.82) is 0 Å². The van der Waals surface area contributed by atoms with Crippen molar-refractivity contribution in [2.45, 2.75) is 52.2 Å².